The van der Waals surface area contributed by atoms with E-state index in [0.717, 1.165) is 35.8 Å². The maximum atomic E-state index is 10.3. The summed E-state index contributed by atoms with van der Waals surface area (Å²) in [5.74, 6) is 0.350. The second kappa shape index (κ2) is 7.55. The molecule has 1 aromatic carbocycles. The van der Waals surface area contributed by atoms with Crippen LogP contribution >= 0.6 is 15.9 Å². The largest absolute Gasteiger partial charge is 0.393 e. The topological polar surface area (TPSA) is 43.7 Å². The molecular weight excluding hydrogens is 318 g/mol. The Morgan fingerprint density at radius 3 is 2.80 bits per heavy atom. The molecular formula is C16H24BrNO2. The SMILES string of the molecule is CN(CC(O)c1cccc(Br)c1)CC1CCCCC1O. The van der Waals surface area contributed by atoms with Gasteiger partial charge in [-0.25, -0.2) is 0 Å². The van der Waals surface area contributed by atoms with Crippen molar-refractivity contribution in [2.24, 2.45) is 5.92 Å². The molecule has 1 saturated carbocycles. The standard InChI is InChI=1S/C16H24BrNO2/c1-18(10-13-5-2-3-8-15(13)19)11-16(20)12-6-4-7-14(17)9-12/h4,6-7,9,13,15-16,19-20H,2-3,5,8,10-11H2,1H3. The highest BCUT2D eigenvalue weighted by atomic mass is 79.9. The number of hydrogen-bond acceptors (Lipinski definition) is 3. The van der Waals surface area contributed by atoms with Crippen LogP contribution in [0.2, 0.25) is 0 Å². The molecule has 3 nitrogen and oxygen atoms in total. The molecule has 112 valence electrons. The molecule has 0 bridgehead atoms. The van der Waals surface area contributed by atoms with Crippen molar-refractivity contribution in [2.45, 2.75) is 37.9 Å². The van der Waals surface area contributed by atoms with E-state index in [1.54, 1.807) is 0 Å². The molecule has 1 fully saturated rings. The molecule has 4 heteroatoms. The molecule has 0 heterocycles. The highest BCUT2D eigenvalue weighted by Gasteiger charge is 2.24. The molecule has 3 unspecified atom stereocenters. The molecule has 0 amide bonds. The first-order chi connectivity index (χ1) is 9.56. The summed E-state index contributed by atoms with van der Waals surface area (Å²) >= 11 is 3.43. The van der Waals surface area contributed by atoms with E-state index in [4.69, 9.17) is 0 Å². The molecule has 0 aromatic heterocycles. The molecule has 1 aliphatic carbocycles. The molecule has 1 aliphatic rings. The van der Waals surface area contributed by atoms with Gasteiger partial charge in [-0.1, -0.05) is 40.9 Å². The van der Waals surface area contributed by atoms with Crippen molar-refractivity contribution >= 4 is 15.9 Å². The summed E-state index contributed by atoms with van der Waals surface area (Å²) in [6.07, 6.45) is 3.71. The second-order valence-electron chi connectivity index (χ2n) is 5.90. The summed E-state index contributed by atoms with van der Waals surface area (Å²) in [6, 6.07) is 7.79. The quantitative estimate of drug-likeness (QED) is 0.865. The Morgan fingerprint density at radius 1 is 1.35 bits per heavy atom. The van der Waals surface area contributed by atoms with E-state index in [9.17, 15) is 10.2 Å². The zero-order valence-electron chi connectivity index (χ0n) is 12.0. The fraction of sp³-hybridized carbons (Fsp3) is 0.625. The van der Waals surface area contributed by atoms with Crippen molar-refractivity contribution in [3.63, 3.8) is 0 Å². The van der Waals surface area contributed by atoms with Crippen LogP contribution in [-0.2, 0) is 0 Å². The van der Waals surface area contributed by atoms with Crippen LogP contribution in [-0.4, -0.2) is 41.4 Å². The van der Waals surface area contributed by atoms with Crippen molar-refractivity contribution in [3.05, 3.63) is 34.3 Å². The van der Waals surface area contributed by atoms with Crippen LogP contribution in [0.1, 0.15) is 37.4 Å². The van der Waals surface area contributed by atoms with Gasteiger partial charge in [-0.05, 0) is 43.5 Å². The first-order valence-electron chi connectivity index (χ1n) is 7.36. The average Bonchev–Trinajstić information content (AvgIpc) is 2.41. The number of hydrogen-bond donors (Lipinski definition) is 2. The van der Waals surface area contributed by atoms with E-state index in [-0.39, 0.29) is 6.10 Å². The van der Waals surface area contributed by atoms with Crippen molar-refractivity contribution in [1.82, 2.24) is 4.90 Å². The van der Waals surface area contributed by atoms with Crippen molar-refractivity contribution in [1.29, 1.82) is 0 Å². The van der Waals surface area contributed by atoms with Crippen molar-refractivity contribution in [2.75, 3.05) is 20.1 Å². The summed E-state index contributed by atoms with van der Waals surface area (Å²) in [5.41, 5.74) is 0.926. The predicted octanol–water partition coefficient (Wildman–Crippen LogP) is 2.97. The summed E-state index contributed by atoms with van der Waals surface area (Å²) in [4.78, 5) is 2.13. The third-order valence-corrected chi connectivity index (χ3v) is 4.63. The molecule has 0 spiro atoms. The van der Waals surface area contributed by atoms with Gasteiger partial charge in [0.1, 0.15) is 0 Å². The van der Waals surface area contributed by atoms with Crippen LogP contribution in [0.3, 0.4) is 0 Å². The monoisotopic (exact) mass is 341 g/mol. The smallest absolute Gasteiger partial charge is 0.0917 e. The molecule has 2 rings (SSSR count). The average molecular weight is 342 g/mol. The predicted molar refractivity (Wildman–Crippen MR) is 84.6 cm³/mol. The van der Waals surface area contributed by atoms with Gasteiger partial charge in [0.15, 0.2) is 0 Å². The van der Waals surface area contributed by atoms with Gasteiger partial charge in [-0.3, -0.25) is 0 Å². The van der Waals surface area contributed by atoms with E-state index in [0.29, 0.717) is 12.5 Å². The third kappa shape index (κ3) is 4.55. The van der Waals surface area contributed by atoms with Gasteiger partial charge in [-0.15, -0.1) is 0 Å². The molecule has 1 aromatic rings. The number of aliphatic hydroxyl groups excluding tert-OH is 2. The molecule has 0 radical (unpaired) electrons. The first-order valence-corrected chi connectivity index (χ1v) is 8.15. The Morgan fingerprint density at radius 2 is 2.10 bits per heavy atom. The van der Waals surface area contributed by atoms with E-state index in [1.165, 1.54) is 6.42 Å². The van der Waals surface area contributed by atoms with Crippen LogP contribution in [0.25, 0.3) is 0 Å². The van der Waals surface area contributed by atoms with Gasteiger partial charge < -0.3 is 15.1 Å². The van der Waals surface area contributed by atoms with Crippen LogP contribution < -0.4 is 0 Å². The fourth-order valence-corrected chi connectivity index (χ4v) is 3.41. The minimum Gasteiger partial charge on any atom is -0.393 e. The zero-order chi connectivity index (χ0) is 14.5. The van der Waals surface area contributed by atoms with Crippen LogP contribution in [0, 0.1) is 5.92 Å². The van der Waals surface area contributed by atoms with E-state index in [1.807, 2.05) is 31.3 Å². The van der Waals surface area contributed by atoms with Gasteiger partial charge >= 0.3 is 0 Å². The summed E-state index contributed by atoms with van der Waals surface area (Å²) in [7, 11) is 2.02. The van der Waals surface area contributed by atoms with E-state index >= 15 is 0 Å². The lowest BCUT2D eigenvalue weighted by Gasteiger charge is -2.32. The first kappa shape index (κ1) is 16.0. The van der Waals surface area contributed by atoms with Crippen molar-refractivity contribution in [3.8, 4) is 0 Å². The number of halogens is 1. The number of benzene rings is 1. The number of likely N-dealkylation sites (N-methyl/N-ethyl adjacent to an activating group) is 1. The second-order valence-corrected chi connectivity index (χ2v) is 6.82. The summed E-state index contributed by atoms with van der Waals surface area (Å²) < 4.78 is 0.986. The minimum absolute atomic E-state index is 0.172. The molecule has 0 aliphatic heterocycles. The van der Waals surface area contributed by atoms with Crippen molar-refractivity contribution < 1.29 is 10.2 Å². The van der Waals surface area contributed by atoms with E-state index < -0.39 is 6.10 Å². The lowest BCUT2D eigenvalue weighted by Crippen LogP contribution is -2.36. The Kier molecular flexibility index (Phi) is 6.02. The maximum Gasteiger partial charge on any atom is 0.0917 e. The van der Waals surface area contributed by atoms with E-state index in [2.05, 4.69) is 20.8 Å². The molecule has 3 atom stereocenters. The fourth-order valence-electron chi connectivity index (χ4n) is 2.99. The molecule has 20 heavy (non-hydrogen) atoms. The van der Waals surface area contributed by atoms with Gasteiger partial charge in [0.05, 0.1) is 12.2 Å². The summed E-state index contributed by atoms with van der Waals surface area (Å²) in [6.45, 7) is 1.45. The Bertz CT molecular complexity index is 427. The lowest BCUT2D eigenvalue weighted by atomic mass is 9.86. The minimum atomic E-state index is -0.488. The highest BCUT2D eigenvalue weighted by Crippen LogP contribution is 2.25. The lowest BCUT2D eigenvalue weighted by molar-refractivity contribution is 0.0400. The Labute approximate surface area is 129 Å². The maximum absolute atomic E-state index is 10.3. The third-order valence-electron chi connectivity index (χ3n) is 4.13. The number of rotatable bonds is 5. The molecule has 2 N–H and O–H groups in total. The number of aliphatic hydroxyl groups is 2. The van der Waals surface area contributed by atoms with Crippen LogP contribution in [0.4, 0.5) is 0 Å². The van der Waals surface area contributed by atoms with Gasteiger partial charge in [0.25, 0.3) is 0 Å². The molecule has 0 saturated heterocycles. The van der Waals surface area contributed by atoms with Crippen LogP contribution in [0.5, 0.6) is 0 Å². The normalized spacial score (nSPS) is 24.9. The van der Waals surface area contributed by atoms with Gasteiger partial charge in [-0.2, -0.15) is 0 Å². The zero-order valence-corrected chi connectivity index (χ0v) is 13.6. The number of nitrogens with zero attached hydrogens (tertiary/aromatic N) is 1. The Balaban J connectivity index is 1.85. The summed E-state index contributed by atoms with van der Waals surface area (Å²) in [5, 5.41) is 20.3. The highest BCUT2D eigenvalue weighted by molar-refractivity contribution is 9.10. The Hall–Kier alpha value is -0.420. The van der Waals surface area contributed by atoms with Gasteiger partial charge in [0.2, 0.25) is 0 Å². The van der Waals surface area contributed by atoms with Gasteiger partial charge in [0, 0.05) is 17.6 Å². The van der Waals surface area contributed by atoms with Crippen LogP contribution in [0.15, 0.2) is 28.7 Å².